The van der Waals surface area contributed by atoms with Crippen molar-refractivity contribution in [1.29, 1.82) is 0 Å². The highest BCUT2D eigenvalue weighted by Crippen LogP contribution is 2.19. The molecule has 0 amide bonds. The number of benzene rings is 1. The first-order chi connectivity index (χ1) is 8.08. The molecule has 0 bridgehead atoms. The first-order valence-corrected chi connectivity index (χ1v) is 5.89. The lowest BCUT2D eigenvalue weighted by atomic mass is 9.99. The third-order valence-electron chi connectivity index (χ3n) is 3.13. The Morgan fingerprint density at radius 1 is 1.24 bits per heavy atom. The summed E-state index contributed by atoms with van der Waals surface area (Å²) in [6.45, 7) is 6.96. The van der Waals surface area contributed by atoms with Crippen molar-refractivity contribution in [3.8, 4) is 0 Å². The number of aromatic nitrogens is 2. The Labute approximate surface area is 102 Å². The van der Waals surface area contributed by atoms with Gasteiger partial charge in [0.1, 0.15) is 0 Å². The highest BCUT2D eigenvalue weighted by Gasteiger charge is 2.11. The molecule has 0 saturated carbocycles. The van der Waals surface area contributed by atoms with Crippen LogP contribution in [0.15, 0.2) is 30.5 Å². The molecule has 0 saturated heterocycles. The molecule has 0 fully saturated rings. The zero-order valence-corrected chi connectivity index (χ0v) is 10.6. The Morgan fingerprint density at radius 3 is 2.65 bits per heavy atom. The van der Waals surface area contributed by atoms with E-state index in [2.05, 4.69) is 37.1 Å². The predicted octanol–water partition coefficient (Wildman–Crippen LogP) is 2.51. The maximum atomic E-state index is 6.26. The van der Waals surface area contributed by atoms with Crippen molar-refractivity contribution < 1.29 is 0 Å². The van der Waals surface area contributed by atoms with E-state index in [0.29, 0.717) is 0 Å². The summed E-state index contributed by atoms with van der Waals surface area (Å²) in [6.07, 6.45) is 1.81. The Kier molecular flexibility index (Phi) is 3.29. The molecule has 1 unspecified atom stereocenters. The van der Waals surface area contributed by atoms with Crippen LogP contribution in [-0.2, 0) is 6.54 Å². The van der Waals surface area contributed by atoms with Crippen LogP contribution in [0.25, 0.3) is 0 Å². The summed E-state index contributed by atoms with van der Waals surface area (Å²) in [5.41, 5.74) is 11.1. The minimum absolute atomic E-state index is 0.00602. The summed E-state index contributed by atoms with van der Waals surface area (Å²) in [6, 6.07) is 8.40. The number of rotatable bonds is 3. The summed E-state index contributed by atoms with van der Waals surface area (Å²) in [4.78, 5) is 0. The maximum Gasteiger partial charge on any atom is 0.0605 e. The maximum absolute atomic E-state index is 6.26. The fourth-order valence-electron chi connectivity index (χ4n) is 2.03. The van der Waals surface area contributed by atoms with Crippen molar-refractivity contribution in [2.24, 2.45) is 5.73 Å². The van der Waals surface area contributed by atoms with Crippen molar-refractivity contribution in [3.63, 3.8) is 0 Å². The van der Waals surface area contributed by atoms with Crippen molar-refractivity contribution in [3.05, 3.63) is 52.8 Å². The molecule has 0 aliphatic rings. The molecule has 2 aromatic rings. The van der Waals surface area contributed by atoms with Gasteiger partial charge in [-0.2, -0.15) is 5.10 Å². The summed E-state index contributed by atoms with van der Waals surface area (Å²) in [5, 5.41) is 4.27. The first kappa shape index (κ1) is 11.9. The Balaban J connectivity index is 2.23. The Morgan fingerprint density at radius 2 is 2.00 bits per heavy atom. The van der Waals surface area contributed by atoms with Crippen molar-refractivity contribution in [1.82, 2.24) is 9.78 Å². The average Bonchev–Trinajstić information content (AvgIpc) is 2.68. The van der Waals surface area contributed by atoms with E-state index in [1.807, 2.05) is 23.9 Å². The van der Waals surface area contributed by atoms with Crippen LogP contribution >= 0.6 is 0 Å². The molecule has 0 radical (unpaired) electrons. The molecule has 0 aliphatic heterocycles. The molecule has 1 aromatic carbocycles. The second-order valence-electron chi connectivity index (χ2n) is 4.62. The molecule has 90 valence electrons. The second-order valence-corrected chi connectivity index (χ2v) is 4.62. The van der Waals surface area contributed by atoms with Gasteiger partial charge in [0.25, 0.3) is 0 Å². The van der Waals surface area contributed by atoms with E-state index >= 15 is 0 Å². The summed E-state index contributed by atoms with van der Waals surface area (Å²) < 4.78 is 1.95. The van der Waals surface area contributed by atoms with Gasteiger partial charge in [-0.3, -0.25) is 4.68 Å². The number of hydrogen-bond donors (Lipinski definition) is 1. The molecule has 1 aromatic heterocycles. The Hall–Kier alpha value is -1.61. The molecule has 2 N–H and O–H groups in total. The van der Waals surface area contributed by atoms with Crippen molar-refractivity contribution >= 4 is 0 Å². The predicted molar refractivity (Wildman–Crippen MR) is 69.8 cm³/mol. The summed E-state index contributed by atoms with van der Waals surface area (Å²) in [5.74, 6) is 0. The zero-order chi connectivity index (χ0) is 12.4. The summed E-state index contributed by atoms with van der Waals surface area (Å²) >= 11 is 0. The van der Waals surface area contributed by atoms with Gasteiger partial charge in [0, 0.05) is 17.9 Å². The van der Waals surface area contributed by atoms with E-state index < -0.39 is 0 Å². The number of nitrogens with two attached hydrogens (primary N) is 1. The van der Waals surface area contributed by atoms with Gasteiger partial charge in [0.05, 0.1) is 6.54 Å². The molecule has 1 atom stereocenters. The van der Waals surface area contributed by atoms with Crippen LogP contribution in [0, 0.1) is 20.8 Å². The van der Waals surface area contributed by atoms with Crippen LogP contribution in [0.5, 0.6) is 0 Å². The monoisotopic (exact) mass is 229 g/mol. The van der Waals surface area contributed by atoms with Crippen molar-refractivity contribution in [2.45, 2.75) is 33.4 Å². The first-order valence-electron chi connectivity index (χ1n) is 5.89. The molecule has 3 heteroatoms. The highest BCUT2D eigenvalue weighted by atomic mass is 15.3. The topological polar surface area (TPSA) is 43.8 Å². The van der Waals surface area contributed by atoms with Gasteiger partial charge in [-0.05, 0) is 38.0 Å². The lowest BCUT2D eigenvalue weighted by Gasteiger charge is -2.16. The molecule has 17 heavy (non-hydrogen) atoms. The lowest BCUT2D eigenvalue weighted by molar-refractivity contribution is 0.515. The molecular formula is C14H19N3. The summed E-state index contributed by atoms with van der Waals surface area (Å²) in [7, 11) is 0. The average molecular weight is 229 g/mol. The van der Waals surface area contributed by atoms with Gasteiger partial charge >= 0.3 is 0 Å². The number of aryl methyl sites for hydroxylation is 3. The fourth-order valence-corrected chi connectivity index (χ4v) is 2.03. The van der Waals surface area contributed by atoms with Crippen LogP contribution in [0.1, 0.15) is 28.4 Å². The van der Waals surface area contributed by atoms with Crippen LogP contribution < -0.4 is 5.73 Å². The third-order valence-corrected chi connectivity index (χ3v) is 3.13. The van der Waals surface area contributed by atoms with E-state index in [1.165, 1.54) is 16.7 Å². The second kappa shape index (κ2) is 4.72. The van der Waals surface area contributed by atoms with Gasteiger partial charge in [-0.25, -0.2) is 0 Å². The van der Waals surface area contributed by atoms with Gasteiger partial charge in [0.2, 0.25) is 0 Å². The van der Waals surface area contributed by atoms with E-state index in [1.54, 1.807) is 0 Å². The Bertz CT molecular complexity index is 514. The van der Waals surface area contributed by atoms with E-state index in [-0.39, 0.29) is 6.04 Å². The molecular weight excluding hydrogens is 210 g/mol. The van der Waals surface area contributed by atoms with Crippen LogP contribution in [0.2, 0.25) is 0 Å². The van der Waals surface area contributed by atoms with E-state index in [9.17, 15) is 0 Å². The van der Waals surface area contributed by atoms with E-state index in [0.717, 1.165) is 12.2 Å². The normalized spacial score (nSPS) is 12.7. The number of hydrogen-bond acceptors (Lipinski definition) is 2. The van der Waals surface area contributed by atoms with Gasteiger partial charge in [0.15, 0.2) is 0 Å². The molecule has 2 rings (SSSR count). The molecule has 0 aliphatic carbocycles. The van der Waals surface area contributed by atoms with E-state index in [4.69, 9.17) is 5.73 Å². The van der Waals surface area contributed by atoms with Crippen LogP contribution in [-0.4, -0.2) is 9.78 Å². The third kappa shape index (κ3) is 2.56. The minimum atomic E-state index is -0.00602. The fraction of sp³-hybridized carbons (Fsp3) is 0.357. The molecule has 3 nitrogen and oxygen atoms in total. The van der Waals surface area contributed by atoms with Crippen molar-refractivity contribution in [2.75, 3.05) is 0 Å². The quantitative estimate of drug-likeness (QED) is 0.878. The van der Waals surface area contributed by atoms with Gasteiger partial charge in [-0.1, -0.05) is 23.8 Å². The largest absolute Gasteiger partial charge is 0.322 e. The minimum Gasteiger partial charge on any atom is -0.322 e. The van der Waals surface area contributed by atoms with Gasteiger partial charge in [-0.15, -0.1) is 0 Å². The highest BCUT2D eigenvalue weighted by molar-refractivity contribution is 5.32. The lowest BCUT2D eigenvalue weighted by Crippen LogP contribution is -2.20. The van der Waals surface area contributed by atoms with Crippen LogP contribution in [0.4, 0.5) is 0 Å². The number of nitrogens with zero attached hydrogens (tertiary/aromatic N) is 2. The molecule has 0 spiro atoms. The smallest absolute Gasteiger partial charge is 0.0605 e. The van der Waals surface area contributed by atoms with Crippen LogP contribution in [0.3, 0.4) is 0 Å². The standard InChI is InChI=1S/C14H19N3/c1-10-4-5-11(2)13(8-10)14(15)9-17-12(3)6-7-16-17/h4-8,14H,9,15H2,1-3H3. The molecule has 1 heterocycles. The van der Waals surface area contributed by atoms with Gasteiger partial charge < -0.3 is 5.73 Å². The zero-order valence-electron chi connectivity index (χ0n) is 10.6. The SMILES string of the molecule is Cc1ccc(C)c(C(N)Cn2nccc2C)c1.